The van der Waals surface area contributed by atoms with E-state index >= 15 is 4.39 Å². The average Bonchev–Trinajstić information content (AvgIpc) is 3.32. The lowest BCUT2D eigenvalue weighted by atomic mass is 10.1. The van der Waals surface area contributed by atoms with Gasteiger partial charge in [0.2, 0.25) is 0 Å². The summed E-state index contributed by atoms with van der Waals surface area (Å²) in [4.78, 5) is 4.47. The van der Waals surface area contributed by atoms with E-state index in [2.05, 4.69) is 26.0 Å². The lowest BCUT2D eigenvalue weighted by Crippen LogP contribution is -2.46. The molecule has 35 heavy (non-hydrogen) atoms. The molecule has 0 N–H and O–H groups in total. The summed E-state index contributed by atoms with van der Waals surface area (Å²) in [6.45, 7) is 5.77. The zero-order chi connectivity index (χ0) is 25.0. The molecule has 1 fully saturated rings. The monoisotopic (exact) mass is 499 g/mol. The van der Waals surface area contributed by atoms with Gasteiger partial charge in [-0.2, -0.15) is 0 Å². The van der Waals surface area contributed by atoms with E-state index < -0.39 is 32.9 Å². The molecule has 1 aromatic heterocycles. The maximum Gasteiger partial charge on any atom is 0.156 e. The first-order valence-electron chi connectivity index (χ1n) is 11.4. The molecule has 0 amide bonds. The van der Waals surface area contributed by atoms with Crippen molar-refractivity contribution < 1.29 is 17.2 Å². The molecule has 0 bridgehead atoms. The highest BCUT2D eigenvalue weighted by Gasteiger charge is 2.22. The van der Waals surface area contributed by atoms with Crippen molar-refractivity contribution in [2.75, 3.05) is 43.4 Å². The number of benzene rings is 2. The predicted molar refractivity (Wildman–Crippen MR) is 132 cm³/mol. The summed E-state index contributed by atoms with van der Waals surface area (Å²) in [5.74, 6) is 0.292. The van der Waals surface area contributed by atoms with Crippen LogP contribution in [0.1, 0.15) is 18.9 Å². The van der Waals surface area contributed by atoms with Gasteiger partial charge in [-0.05, 0) is 24.6 Å². The van der Waals surface area contributed by atoms with Gasteiger partial charge in [0.1, 0.15) is 11.4 Å². The van der Waals surface area contributed by atoms with Crippen molar-refractivity contribution in [3.63, 3.8) is 0 Å². The van der Waals surface area contributed by atoms with Crippen molar-refractivity contribution in [2.24, 2.45) is 0 Å². The van der Waals surface area contributed by atoms with Crippen LogP contribution in [0.15, 0.2) is 42.6 Å². The molecule has 1 aliphatic heterocycles. The Morgan fingerprint density at radius 1 is 1.11 bits per heavy atom. The molecule has 0 atom stereocenters. The highest BCUT2D eigenvalue weighted by atomic mass is 32.2. The van der Waals surface area contributed by atoms with E-state index in [1.165, 1.54) is 6.20 Å². The normalized spacial score (nSPS) is 14.7. The molecule has 1 saturated heterocycles. The predicted octanol–water partition coefficient (Wildman–Crippen LogP) is 3.29. The van der Waals surface area contributed by atoms with E-state index in [-0.39, 0.29) is 11.3 Å². The molecule has 0 unspecified atom stereocenters. The van der Waals surface area contributed by atoms with Crippen LogP contribution in [0.2, 0.25) is 0 Å². The zero-order valence-corrected chi connectivity index (χ0v) is 20.3. The molecule has 1 aliphatic rings. The van der Waals surface area contributed by atoms with Gasteiger partial charge in [0.05, 0.1) is 24.2 Å². The van der Waals surface area contributed by atoms with Crippen LogP contribution in [0.4, 0.5) is 14.5 Å². The van der Waals surface area contributed by atoms with Crippen molar-refractivity contribution in [3.8, 4) is 29.3 Å². The number of aromatic nitrogens is 3. The van der Waals surface area contributed by atoms with Gasteiger partial charge in [-0.15, -0.1) is 11.5 Å². The second kappa shape index (κ2) is 10.5. The second-order valence-electron chi connectivity index (χ2n) is 8.53. The third kappa shape index (κ3) is 5.69. The highest BCUT2D eigenvalue weighted by Crippen LogP contribution is 2.27. The molecule has 0 saturated carbocycles. The SMILES string of the molecule is C#CCN1CCN(c2cccc(-c3cn(-c4c(F)ccc(CS(=O)(=O)CCC)c4F)nn3)c2)CC1. The van der Waals surface area contributed by atoms with Gasteiger partial charge in [-0.3, -0.25) is 4.90 Å². The fraction of sp³-hybridized carbons (Fsp3) is 0.360. The number of hydrogen-bond acceptors (Lipinski definition) is 6. The fourth-order valence-corrected chi connectivity index (χ4v) is 5.65. The summed E-state index contributed by atoms with van der Waals surface area (Å²) in [7, 11) is -3.50. The lowest BCUT2D eigenvalue weighted by molar-refractivity contribution is 0.288. The minimum Gasteiger partial charge on any atom is -0.369 e. The van der Waals surface area contributed by atoms with Gasteiger partial charge < -0.3 is 4.90 Å². The van der Waals surface area contributed by atoms with Gasteiger partial charge in [-0.25, -0.2) is 21.9 Å². The van der Waals surface area contributed by atoms with Gasteiger partial charge in [0.25, 0.3) is 0 Å². The van der Waals surface area contributed by atoms with E-state index in [4.69, 9.17) is 6.42 Å². The van der Waals surface area contributed by atoms with Gasteiger partial charge in [0, 0.05) is 43.0 Å². The number of terminal acetylenes is 1. The van der Waals surface area contributed by atoms with Crippen LogP contribution >= 0.6 is 0 Å². The zero-order valence-electron chi connectivity index (χ0n) is 19.5. The minimum absolute atomic E-state index is 0.0675. The molecular weight excluding hydrogens is 472 g/mol. The van der Waals surface area contributed by atoms with E-state index in [9.17, 15) is 12.8 Å². The Hall–Kier alpha value is -3.29. The van der Waals surface area contributed by atoms with E-state index in [1.807, 2.05) is 24.3 Å². The number of rotatable bonds is 8. The van der Waals surface area contributed by atoms with Gasteiger partial charge in [0.15, 0.2) is 21.5 Å². The van der Waals surface area contributed by atoms with Crippen LogP contribution in [-0.4, -0.2) is 66.8 Å². The Kier molecular flexibility index (Phi) is 7.48. The summed E-state index contributed by atoms with van der Waals surface area (Å²) in [6.07, 6.45) is 7.27. The Balaban J connectivity index is 1.58. The third-order valence-corrected chi connectivity index (χ3v) is 7.74. The maximum atomic E-state index is 15.2. The molecule has 10 heteroatoms. The first kappa shape index (κ1) is 24.8. The van der Waals surface area contributed by atoms with E-state index in [1.54, 1.807) is 6.92 Å². The molecule has 7 nitrogen and oxygen atoms in total. The fourth-order valence-electron chi connectivity index (χ4n) is 4.18. The third-order valence-electron chi connectivity index (χ3n) is 5.95. The molecule has 184 valence electrons. The topological polar surface area (TPSA) is 71.3 Å². The standard InChI is InChI=1S/C25H27F2N5O2S/c1-3-10-30-11-13-31(14-12-30)21-7-5-6-19(16-21)23-17-32(29-28-23)25-22(26)9-8-20(24(25)27)18-35(33,34)15-4-2/h1,5-9,16-17H,4,10-15,18H2,2H3. The first-order valence-corrected chi connectivity index (χ1v) is 13.2. The molecule has 0 radical (unpaired) electrons. The van der Waals surface area contributed by atoms with Crippen LogP contribution in [-0.2, 0) is 15.6 Å². The molecule has 2 aromatic carbocycles. The largest absolute Gasteiger partial charge is 0.369 e. The first-order chi connectivity index (χ1) is 16.8. The van der Waals surface area contributed by atoms with Crippen molar-refractivity contribution >= 4 is 15.5 Å². The lowest BCUT2D eigenvalue weighted by Gasteiger charge is -2.35. The summed E-state index contributed by atoms with van der Waals surface area (Å²) in [5.41, 5.74) is 1.66. The average molecular weight is 500 g/mol. The number of sulfone groups is 1. The molecule has 0 aliphatic carbocycles. The van der Waals surface area contributed by atoms with Crippen molar-refractivity contribution in [2.45, 2.75) is 19.1 Å². The molecule has 0 spiro atoms. The number of nitrogens with zero attached hydrogens (tertiary/aromatic N) is 5. The van der Waals surface area contributed by atoms with Crippen LogP contribution in [0.5, 0.6) is 0 Å². The quantitative estimate of drug-likeness (QED) is 0.443. The van der Waals surface area contributed by atoms with Crippen LogP contribution in [0, 0.1) is 24.0 Å². The molecule has 4 rings (SSSR count). The number of anilines is 1. The van der Waals surface area contributed by atoms with Gasteiger partial charge in [-0.1, -0.05) is 36.3 Å². The number of halogens is 2. The van der Waals surface area contributed by atoms with E-state index in [0.29, 0.717) is 18.7 Å². The summed E-state index contributed by atoms with van der Waals surface area (Å²) in [5, 5.41) is 8.04. The number of piperazine rings is 1. The molecular formula is C25H27F2N5O2S. The van der Waals surface area contributed by atoms with Crippen molar-refractivity contribution in [3.05, 3.63) is 59.8 Å². The Morgan fingerprint density at radius 2 is 1.89 bits per heavy atom. The minimum atomic E-state index is -3.50. The maximum absolute atomic E-state index is 15.2. The Labute approximate surface area is 204 Å². The van der Waals surface area contributed by atoms with Gasteiger partial charge >= 0.3 is 0 Å². The summed E-state index contributed by atoms with van der Waals surface area (Å²) < 4.78 is 55.1. The molecule has 2 heterocycles. The van der Waals surface area contributed by atoms with Crippen molar-refractivity contribution in [1.82, 2.24) is 19.9 Å². The Bertz CT molecular complexity index is 1340. The second-order valence-corrected chi connectivity index (χ2v) is 10.7. The number of hydrogen-bond donors (Lipinski definition) is 0. The van der Waals surface area contributed by atoms with E-state index in [0.717, 1.165) is 54.2 Å². The smallest absolute Gasteiger partial charge is 0.156 e. The molecule has 3 aromatic rings. The Morgan fingerprint density at radius 3 is 2.60 bits per heavy atom. The van der Waals surface area contributed by atoms with Crippen molar-refractivity contribution in [1.29, 1.82) is 0 Å². The van der Waals surface area contributed by atoms with Crippen LogP contribution < -0.4 is 4.90 Å². The highest BCUT2D eigenvalue weighted by molar-refractivity contribution is 7.90. The van der Waals surface area contributed by atoms with Crippen LogP contribution in [0.25, 0.3) is 16.9 Å². The summed E-state index contributed by atoms with van der Waals surface area (Å²) in [6, 6.07) is 9.93. The van der Waals surface area contributed by atoms with Crippen LogP contribution in [0.3, 0.4) is 0 Å². The summed E-state index contributed by atoms with van der Waals surface area (Å²) >= 11 is 0.